The molecule has 0 heterocycles. The minimum atomic E-state index is 0.316. The predicted octanol–water partition coefficient (Wildman–Crippen LogP) is 5.54. The minimum Gasteiger partial charge on any atom is -0.295 e. The van der Waals surface area contributed by atoms with Crippen LogP contribution in [-0.4, -0.2) is 5.78 Å². The molecule has 4 aliphatic carbocycles. The van der Waals surface area contributed by atoms with Crippen molar-refractivity contribution >= 4 is 5.78 Å². The molecule has 122 valence electrons. The second-order valence-corrected chi connectivity index (χ2v) is 9.44. The molecular weight excluding hydrogens is 268 g/mol. The third-order valence-corrected chi connectivity index (χ3v) is 8.55. The highest BCUT2D eigenvalue weighted by Crippen LogP contribution is 2.65. The van der Waals surface area contributed by atoms with E-state index in [-0.39, 0.29) is 0 Å². The second kappa shape index (κ2) is 4.95. The summed E-state index contributed by atoms with van der Waals surface area (Å²) in [6, 6.07) is 0. The molecule has 6 atom stereocenters. The third-order valence-electron chi connectivity index (χ3n) is 8.55. The van der Waals surface area contributed by atoms with Crippen LogP contribution in [0.25, 0.3) is 0 Å². The van der Waals surface area contributed by atoms with Gasteiger partial charge in [0.05, 0.1) is 0 Å². The van der Waals surface area contributed by atoms with E-state index in [9.17, 15) is 4.79 Å². The lowest BCUT2D eigenvalue weighted by Crippen LogP contribution is -2.51. The first-order valence-electron chi connectivity index (χ1n) is 9.64. The Kier molecular flexibility index (Phi) is 3.37. The fourth-order valence-electron chi connectivity index (χ4n) is 7.16. The number of Topliss-reactive ketones (excluding diaryl/α,β-unsaturated/α-hetero) is 1. The SMILES string of the molecule is CC(=O)C1=CC[C@@]2(C)[C@@H](CC[C@H]3[C@@H]4CCC[C@@]4(C)CC[C@@H]32)C1. The highest BCUT2D eigenvalue weighted by atomic mass is 16.1. The van der Waals surface area contributed by atoms with E-state index >= 15 is 0 Å². The van der Waals surface area contributed by atoms with Crippen LogP contribution < -0.4 is 0 Å². The molecule has 0 radical (unpaired) electrons. The largest absolute Gasteiger partial charge is 0.295 e. The summed E-state index contributed by atoms with van der Waals surface area (Å²) in [5, 5.41) is 0. The average molecular weight is 300 g/mol. The van der Waals surface area contributed by atoms with E-state index in [0.717, 1.165) is 42.1 Å². The first-order valence-corrected chi connectivity index (χ1v) is 9.64. The van der Waals surface area contributed by atoms with Crippen molar-refractivity contribution in [2.75, 3.05) is 0 Å². The number of carbonyl (C=O) groups is 1. The Labute approximate surface area is 135 Å². The number of hydrogen-bond donors (Lipinski definition) is 0. The molecule has 0 aromatic carbocycles. The molecule has 0 aliphatic heterocycles. The maximum Gasteiger partial charge on any atom is 0.155 e. The molecule has 0 aromatic heterocycles. The molecule has 4 rings (SSSR count). The zero-order valence-corrected chi connectivity index (χ0v) is 14.7. The molecule has 4 aliphatic rings. The van der Waals surface area contributed by atoms with Gasteiger partial charge < -0.3 is 0 Å². The van der Waals surface area contributed by atoms with E-state index < -0.39 is 0 Å². The number of carbonyl (C=O) groups excluding carboxylic acids is 1. The summed E-state index contributed by atoms with van der Waals surface area (Å²) >= 11 is 0. The summed E-state index contributed by atoms with van der Waals surface area (Å²) in [5.74, 6) is 3.99. The molecule has 3 fully saturated rings. The van der Waals surface area contributed by atoms with Crippen molar-refractivity contribution in [2.45, 2.75) is 78.6 Å². The maximum atomic E-state index is 11.8. The van der Waals surface area contributed by atoms with Crippen molar-refractivity contribution in [3.05, 3.63) is 11.6 Å². The zero-order chi connectivity index (χ0) is 15.5. The number of fused-ring (bicyclic) bond motifs is 5. The summed E-state index contributed by atoms with van der Waals surface area (Å²) < 4.78 is 0. The molecule has 0 N–H and O–H groups in total. The topological polar surface area (TPSA) is 17.1 Å². The van der Waals surface area contributed by atoms with Crippen molar-refractivity contribution in [3.8, 4) is 0 Å². The number of ketones is 1. The van der Waals surface area contributed by atoms with Gasteiger partial charge in [-0.15, -0.1) is 0 Å². The Morgan fingerprint density at radius 1 is 1.09 bits per heavy atom. The highest BCUT2D eigenvalue weighted by molar-refractivity contribution is 5.93. The van der Waals surface area contributed by atoms with Crippen molar-refractivity contribution < 1.29 is 4.79 Å². The van der Waals surface area contributed by atoms with E-state index in [1.54, 1.807) is 6.92 Å². The van der Waals surface area contributed by atoms with E-state index in [0.29, 0.717) is 16.6 Å². The van der Waals surface area contributed by atoms with Crippen LogP contribution in [-0.2, 0) is 4.79 Å². The molecule has 0 saturated heterocycles. The molecule has 3 saturated carbocycles. The normalized spacial score (nSPS) is 50.6. The van der Waals surface area contributed by atoms with E-state index in [1.807, 2.05) is 0 Å². The first kappa shape index (κ1) is 15.0. The molecule has 0 spiro atoms. The standard InChI is InChI=1S/C21H32O/c1-14(22)15-8-12-21(3)16(13-15)6-7-17-18-5-4-10-20(18,2)11-9-19(17)21/h8,16-19H,4-7,9-13H2,1-3H3/t16-,17-,18-,19-,20-,21-/m0/s1. The Bertz CT molecular complexity index is 518. The lowest BCUT2D eigenvalue weighted by molar-refractivity contribution is -0.115. The van der Waals surface area contributed by atoms with Crippen LogP contribution in [0, 0.1) is 34.5 Å². The third kappa shape index (κ3) is 2.00. The lowest BCUT2D eigenvalue weighted by Gasteiger charge is -2.59. The van der Waals surface area contributed by atoms with Crippen LogP contribution in [0.4, 0.5) is 0 Å². The summed E-state index contributed by atoms with van der Waals surface area (Å²) in [4.78, 5) is 11.8. The van der Waals surface area contributed by atoms with Gasteiger partial charge in [0, 0.05) is 0 Å². The van der Waals surface area contributed by atoms with Gasteiger partial charge in [-0.3, -0.25) is 4.79 Å². The van der Waals surface area contributed by atoms with E-state index in [1.165, 1.54) is 44.9 Å². The van der Waals surface area contributed by atoms with Crippen LogP contribution in [0.1, 0.15) is 78.6 Å². The Morgan fingerprint density at radius 2 is 1.91 bits per heavy atom. The summed E-state index contributed by atoms with van der Waals surface area (Å²) in [6.45, 7) is 6.91. The molecular formula is C21H32O. The van der Waals surface area contributed by atoms with Crippen molar-refractivity contribution in [1.29, 1.82) is 0 Å². The van der Waals surface area contributed by atoms with Crippen LogP contribution in [0.5, 0.6) is 0 Å². The predicted molar refractivity (Wildman–Crippen MR) is 90.5 cm³/mol. The Hall–Kier alpha value is -0.590. The van der Waals surface area contributed by atoms with Gasteiger partial charge in [0.2, 0.25) is 0 Å². The lowest BCUT2D eigenvalue weighted by atomic mass is 9.45. The van der Waals surface area contributed by atoms with E-state index in [4.69, 9.17) is 0 Å². The highest BCUT2D eigenvalue weighted by Gasteiger charge is 2.57. The molecule has 0 aromatic rings. The summed E-state index contributed by atoms with van der Waals surface area (Å²) in [6.07, 6.45) is 14.7. The van der Waals surface area contributed by atoms with Crippen LogP contribution in [0.2, 0.25) is 0 Å². The smallest absolute Gasteiger partial charge is 0.155 e. The maximum absolute atomic E-state index is 11.8. The number of rotatable bonds is 1. The molecule has 22 heavy (non-hydrogen) atoms. The van der Waals surface area contributed by atoms with E-state index in [2.05, 4.69) is 19.9 Å². The number of hydrogen-bond acceptors (Lipinski definition) is 1. The van der Waals surface area contributed by atoms with Gasteiger partial charge in [0.15, 0.2) is 5.78 Å². The molecule has 0 unspecified atom stereocenters. The molecule has 0 bridgehead atoms. The summed E-state index contributed by atoms with van der Waals surface area (Å²) in [5.41, 5.74) is 2.27. The Morgan fingerprint density at radius 3 is 2.68 bits per heavy atom. The van der Waals surface area contributed by atoms with Crippen LogP contribution in [0.15, 0.2) is 11.6 Å². The van der Waals surface area contributed by atoms with Gasteiger partial charge in [-0.25, -0.2) is 0 Å². The van der Waals surface area contributed by atoms with Gasteiger partial charge in [-0.1, -0.05) is 26.3 Å². The second-order valence-electron chi connectivity index (χ2n) is 9.44. The van der Waals surface area contributed by atoms with Gasteiger partial charge in [-0.05, 0) is 98.4 Å². The van der Waals surface area contributed by atoms with Gasteiger partial charge in [-0.2, -0.15) is 0 Å². The van der Waals surface area contributed by atoms with Crippen molar-refractivity contribution in [3.63, 3.8) is 0 Å². The zero-order valence-electron chi connectivity index (χ0n) is 14.7. The summed E-state index contributed by atoms with van der Waals surface area (Å²) in [7, 11) is 0. The fourth-order valence-corrected chi connectivity index (χ4v) is 7.16. The van der Waals surface area contributed by atoms with Crippen molar-refractivity contribution in [1.82, 2.24) is 0 Å². The molecule has 1 heteroatoms. The number of allylic oxidation sites excluding steroid dienone is 2. The molecule has 1 nitrogen and oxygen atoms in total. The Balaban J connectivity index is 1.63. The van der Waals surface area contributed by atoms with Crippen molar-refractivity contribution in [2.24, 2.45) is 34.5 Å². The fraction of sp³-hybridized carbons (Fsp3) is 0.857. The minimum absolute atomic E-state index is 0.316. The van der Waals surface area contributed by atoms with Crippen LogP contribution in [0.3, 0.4) is 0 Å². The monoisotopic (exact) mass is 300 g/mol. The average Bonchev–Trinajstić information content (AvgIpc) is 2.88. The quantitative estimate of drug-likeness (QED) is 0.621. The van der Waals surface area contributed by atoms with Gasteiger partial charge >= 0.3 is 0 Å². The van der Waals surface area contributed by atoms with Gasteiger partial charge in [0.25, 0.3) is 0 Å². The van der Waals surface area contributed by atoms with Gasteiger partial charge in [0.1, 0.15) is 0 Å². The van der Waals surface area contributed by atoms with Crippen LogP contribution >= 0.6 is 0 Å². The first-order chi connectivity index (χ1) is 10.4. The molecule has 0 amide bonds.